The number of alkyl halides is 3. The molecule has 0 bridgehead atoms. The van der Waals surface area contributed by atoms with Crippen molar-refractivity contribution in [3.63, 3.8) is 0 Å². The number of carbonyl (C=O) groups excluding carboxylic acids is 1. The second-order valence-electron chi connectivity index (χ2n) is 8.21. The lowest BCUT2D eigenvalue weighted by Crippen LogP contribution is -2.32. The van der Waals surface area contributed by atoms with Gasteiger partial charge in [0, 0.05) is 25.2 Å². The summed E-state index contributed by atoms with van der Waals surface area (Å²) < 4.78 is 54.6. The Bertz CT molecular complexity index is 990. The summed E-state index contributed by atoms with van der Waals surface area (Å²) in [5.41, 5.74) is -0.793. The van der Waals surface area contributed by atoms with Crippen molar-refractivity contribution in [3.05, 3.63) is 58.8 Å². The van der Waals surface area contributed by atoms with Crippen LogP contribution in [0.15, 0.2) is 42.0 Å². The van der Waals surface area contributed by atoms with Crippen molar-refractivity contribution in [1.82, 2.24) is 15.5 Å². The lowest BCUT2D eigenvalue weighted by molar-refractivity contribution is -0.137. The van der Waals surface area contributed by atoms with E-state index in [9.17, 15) is 22.4 Å². The van der Waals surface area contributed by atoms with Crippen molar-refractivity contribution in [1.29, 1.82) is 0 Å². The fraction of sp³-hybridized carbons (Fsp3) is 0.435. The Kier molecular flexibility index (Phi) is 6.43. The fourth-order valence-electron chi connectivity index (χ4n) is 3.84. The average molecular weight is 448 g/mol. The van der Waals surface area contributed by atoms with Crippen molar-refractivity contribution >= 4 is 17.6 Å². The standard InChI is InChI=1S/C23H24F4N4O/c24-21(17-3-1-2-4-18(17)23(25,26)27)16-10-13-31(14-11-16)20-8-7-19(29-30-20)22(32)28-12-9-15-5-6-15/h1-4,7-8,15H,5-6,9-14H2,(H,28,32). The van der Waals surface area contributed by atoms with Gasteiger partial charge in [-0.15, -0.1) is 10.2 Å². The predicted octanol–water partition coefficient (Wildman–Crippen LogP) is 5.01. The number of hydrogen-bond acceptors (Lipinski definition) is 4. The summed E-state index contributed by atoms with van der Waals surface area (Å²) in [6, 6.07) is 8.00. The number of rotatable bonds is 6. The molecule has 1 saturated heterocycles. The largest absolute Gasteiger partial charge is 0.417 e. The van der Waals surface area contributed by atoms with Gasteiger partial charge in [-0.05, 0) is 49.0 Å². The number of piperidine rings is 1. The van der Waals surface area contributed by atoms with E-state index in [0.717, 1.165) is 24.5 Å². The first kappa shape index (κ1) is 22.2. The Balaban J connectivity index is 1.38. The lowest BCUT2D eigenvalue weighted by Gasteiger charge is -2.29. The van der Waals surface area contributed by atoms with Crippen LogP contribution in [0.3, 0.4) is 0 Å². The van der Waals surface area contributed by atoms with Gasteiger partial charge < -0.3 is 10.2 Å². The number of halogens is 4. The maximum Gasteiger partial charge on any atom is 0.417 e. The van der Waals surface area contributed by atoms with E-state index in [1.807, 2.05) is 4.90 Å². The zero-order valence-corrected chi connectivity index (χ0v) is 17.5. The third-order valence-electron chi connectivity index (χ3n) is 5.89. The minimum atomic E-state index is -4.61. The minimum absolute atomic E-state index is 0.233. The number of anilines is 1. The van der Waals surface area contributed by atoms with Crippen LogP contribution in [-0.2, 0) is 6.18 Å². The number of benzene rings is 1. The molecular formula is C23H24F4N4O. The lowest BCUT2D eigenvalue weighted by atomic mass is 9.97. The van der Waals surface area contributed by atoms with Crippen molar-refractivity contribution in [3.8, 4) is 0 Å². The molecular weight excluding hydrogens is 424 g/mol. The summed E-state index contributed by atoms with van der Waals surface area (Å²) >= 11 is 0. The summed E-state index contributed by atoms with van der Waals surface area (Å²) in [6.45, 7) is 1.42. The first-order valence-electron chi connectivity index (χ1n) is 10.7. The maximum atomic E-state index is 14.9. The van der Waals surface area contributed by atoms with Crippen LogP contribution in [-0.4, -0.2) is 35.7 Å². The number of amides is 1. The van der Waals surface area contributed by atoms with Crippen LogP contribution in [0.4, 0.5) is 23.4 Å². The first-order chi connectivity index (χ1) is 15.3. The zero-order valence-electron chi connectivity index (χ0n) is 17.5. The van der Waals surface area contributed by atoms with Crippen molar-refractivity contribution in [2.75, 3.05) is 24.5 Å². The Labute approximate surface area is 183 Å². The SMILES string of the molecule is O=C(NCCC1CC1)c1ccc(N2CCC(=C(F)c3ccccc3C(F)(F)F)CC2)nn1. The molecule has 0 atom stereocenters. The molecule has 2 aromatic rings. The molecule has 32 heavy (non-hydrogen) atoms. The van der Waals surface area contributed by atoms with Gasteiger partial charge in [0.25, 0.3) is 5.91 Å². The first-order valence-corrected chi connectivity index (χ1v) is 10.7. The van der Waals surface area contributed by atoms with E-state index in [0.29, 0.717) is 31.0 Å². The summed E-state index contributed by atoms with van der Waals surface area (Å²) in [7, 11) is 0. The number of nitrogens with zero attached hydrogens (tertiary/aromatic N) is 3. The van der Waals surface area contributed by atoms with Gasteiger partial charge in [-0.3, -0.25) is 4.79 Å². The van der Waals surface area contributed by atoms with Crippen LogP contribution in [0, 0.1) is 5.92 Å². The third kappa shape index (κ3) is 5.26. The molecule has 170 valence electrons. The molecule has 0 spiro atoms. The molecule has 5 nitrogen and oxygen atoms in total. The Hall–Kier alpha value is -2.97. The van der Waals surface area contributed by atoms with Gasteiger partial charge in [-0.25, -0.2) is 4.39 Å². The highest BCUT2D eigenvalue weighted by atomic mass is 19.4. The van der Waals surface area contributed by atoms with Crippen molar-refractivity contribution in [2.24, 2.45) is 5.92 Å². The van der Waals surface area contributed by atoms with Crippen LogP contribution >= 0.6 is 0 Å². The Morgan fingerprint density at radius 1 is 1.06 bits per heavy atom. The van der Waals surface area contributed by atoms with E-state index in [2.05, 4.69) is 15.5 Å². The van der Waals surface area contributed by atoms with Gasteiger partial charge >= 0.3 is 6.18 Å². The van der Waals surface area contributed by atoms with Crippen molar-refractivity contribution in [2.45, 2.75) is 38.3 Å². The fourth-order valence-corrected chi connectivity index (χ4v) is 3.84. The number of hydrogen-bond donors (Lipinski definition) is 1. The zero-order chi connectivity index (χ0) is 22.7. The maximum absolute atomic E-state index is 14.9. The van der Waals surface area contributed by atoms with Crippen LogP contribution in [0.1, 0.15) is 53.7 Å². The normalized spacial score (nSPS) is 16.8. The van der Waals surface area contributed by atoms with Crippen LogP contribution in [0.2, 0.25) is 0 Å². The van der Waals surface area contributed by atoms with E-state index in [4.69, 9.17) is 0 Å². The summed E-state index contributed by atoms with van der Waals surface area (Å²) in [5.74, 6) is 0.212. The molecule has 1 saturated carbocycles. The van der Waals surface area contributed by atoms with Gasteiger partial charge in [0.05, 0.1) is 5.56 Å². The Morgan fingerprint density at radius 3 is 2.41 bits per heavy atom. The van der Waals surface area contributed by atoms with Crippen LogP contribution in [0.25, 0.3) is 5.83 Å². The van der Waals surface area contributed by atoms with Gasteiger partial charge in [-0.1, -0.05) is 31.0 Å². The molecule has 2 heterocycles. The van der Waals surface area contributed by atoms with Gasteiger partial charge in [0.15, 0.2) is 11.5 Å². The highest BCUT2D eigenvalue weighted by molar-refractivity contribution is 5.92. The minimum Gasteiger partial charge on any atom is -0.354 e. The van der Waals surface area contributed by atoms with Gasteiger partial charge in [0.1, 0.15) is 5.83 Å². The van der Waals surface area contributed by atoms with Crippen LogP contribution < -0.4 is 10.2 Å². The molecule has 2 fully saturated rings. The van der Waals surface area contributed by atoms with Gasteiger partial charge in [-0.2, -0.15) is 13.2 Å². The van der Waals surface area contributed by atoms with E-state index >= 15 is 0 Å². The molecule has 0 radical (unpaired) electrons. The molecule has 1 N–H and O–H groups in total. The molecule has 9 heteroatoms. The average Bonchev–Trinajstić information content (AvgIpc) is 3.63. The van der Waals surface area contributed by atoms with E-state index in [1.165, 1.54) is 25.0 Å². The molecule has 0 unspecified atom stereocenters. The second-order valence-corrected chi connectivity index (χ2v) is 8.21. The highest BCUT2D eigenvalue weighted by Crippen LogP contribution is 2.38. The van der Waals surface area contributed by atoms with Gasteiger partial charge in [0.2, 0.25) is 0 Å². The Morgan fingerprint density at radius 2 is 1.78 bits per heavy atom. The number of aromatic nitrogens is 2. The summed E-state index contributed by atoms with van der Waals surface area (Å²) in [4.78, 5) is 14.0. The molecule has 1 aromatic carbocycles. The topological polar surface area (TPSA) is 58.1 Å². The monoisotopic (exact) mass is 448 g/mol. The predicted molar refractivity (Wildman–Crippen MR) is 113 cm³/mol. The summed E-state index contributed by atoms with van der Waals surface area (Å²) in [6.07, 6.45) is -0.612. The highest BCUT2D eigenvalue weighted by Gasteiger charge is 2.34. The molecule has 1 amide bonds. The van der Waals surface area contributed by atoms with E-state index in [1.54, 1.807) is 12.1 Å². The van der Waals surface area contributed by atoms with E-state index in [-0.39, 0.29) is 24.4 Å². The molecule has 1 aliphatic carbocycles. The third-order valence-corrected chi connectivity index (χ3v) is 5.89. The quantitative estimate of drug-likeness (QED) is 0.632. The molecule has 2 aliphatic rings. The smallest absolute Gasteiger partial charge is 0.354 e. The summed E-state index contributed by atoms with van der Waals surface area (Å²) in [5, 5.41) is 10.9. The number of nitrogens with one attached hydrogen (secondary N) is 1. The molecule has 1 aromatic heterocycles. The molecule has 1 aliphatic heterocycles. The van der Waals surface area contributed by atoms with E-state index < -0.39 is 23.1 Å². The number of carbonyl (C=O) groups is 1. The van der Waals surface area contributed by atoms with Crippen molar-refractivity contribution < 1.29 is 22.4 Å². The second kappa shape index (κ2) is 9.26. The molecule has 4 rings (SSSR count). The van der Waals surface area contributed by atoms with Crippen LogP contribution in [0.5, 0.6) is 0 Å².